The summed E-state index contributed by atoms with van der Waals surface area (Å²) in [6, 6.07) is 11.4. The van der Waals surface area contributed by atoms with Gasteiger partial charge in [-0.05, 0) is 35.4 Å². The number of nitrogens with one attached hydrogen (secondary N) is 2. The number of sulfone groups is 1. The highest BCUT2D eigenvalue weighted by Gasteiger charge is 2.29. The maximum absolute atomic E-state index is 12.6. The predicted octanol–water partition coefficient (Wildman–Crippen LogP) is 3.59. The summed E-state index contributed by atoms with van der Waals surface area (Å²) in [5.41, 5.74) is 0.856. The normalized spacial score (nSPS) is 12.2. The maximum atomic E-state index is 12.6. The van der Waals surface area contributed by atoms with Crippen LogP contribution in [0.3, 0.4) is 0 Å². The van der Waals surface area contributed by atoms with Crippen LogP contribution in [0, 0.1) is 0 Å². The first-order chi connectivity index (χ1) is 12.6. The van der Waals surface area contributed by atoms with Crippen molar-refractivity contribution in [1.82, 2.24) is 10.6 Å². The third-order valence-electron chi connectivity index (χ3n) is 3.78. The molecule has 0 aliphatic carbocycles. The van der Waals surface area contributed by atoms with Gasteiger partial charge in [-0.3, -0.25) is 4.99 Å². The van der Waals surface area contributed by atoms with Crippen molar-refractivity contribution in [3.8, 4) is 0 Å². The van der Waals surface area contributed by atoms with Gasteiger partial charge in [0.1, 0.15) is 0 Å². The van der Waals surface area contributed by atoms with Crippen molar-refractivity contribution in [3.63, 3.8) is 0 Å². The molecule has 28 heavy (non-hydrogen) atoms. The summed E-state index contributed by atoms with van der Waals surface area (Å²) < 4.78 is 60.6. The number of hydrogen-bond donors (Lipinski definition) is 2. The van der Waals surface area contributed by atoms with E-state index in [2.05, 4.69) is 15.6 Å². The van der Waals surface area contributed by atoms with Gasteiger partial charge in [0.25, 0.3) is 0 Å². The topological polar surface area (TPSA) is 70.6 Å². The first-order valence-electron chi connectivity index (χ1n) is 7.99. The number of halogens is 4. The molecule has 0 fully saturated rings. The maximum Gasteiger partial charge on any atom is 0.416 e. The average Bonchev–Trinajstić information content (AvgIpc) is 2.61. The van der Waals surface area contributed by atoms with Gasteiger partial charge in [-0.15, -0.1) is 24.0 Å². The zero-order chi connectivity index (χ0) is 20.1. The van der Waals surface area contributed by atoms with Crippen molar-refractivity contribution < 1.29 is 21.6 Å². The summed E-state index contributed by atoms with van der Waals surface area (Å²) in [5, 5.41) is 6.07. The van der Waals surface area contributed by atoms with E-state index in [0.29, 0.717) is 24.6 Å². The molecular formula is C18H21F3IN3O2S. The molecule has 0 saturated heterocycles. The number of hydrogen-bond acceptors (Lipinski definition) is 3. The van der Waals surface area contributed by atoms with Gasteiger partial charge in [0, 0.05) is 26.4 Å². The van der Waals surface area contributed by atoms with Crippen LogP contribution in [0.2, 0.25) is 0 Å². The third-order valence-corrected chi connectivity index (χ3v) is 4.90. The van der Waals surface area contributed by atoms with Crippen LogP contribution in [-0.2, 0) is 29.1 Å². The molecule has 2 N–H and O–H groups in total. The van der Waals surface area contributed by atoms with E-state index in [1.54, 1.807) is 19.2 Å². The Kier molecular flexibility index (Phi) is 8.74. The minimum absolute atomic E-state index is 0. The summed E-state index contributed by atoms with van der Waals surface area (Å²) in [4.78, 5) is 4.30. The Labute approximate surface area is 179 Å². The molecule has 0 unspecified atom stereocenters. The molecular weight excluding hydrogens is 506 g/mol. The monoisotopic (exact) mass is 527 g/mol. The Balaban J connectivity index is 0.00000392. The number of alkyl halides is 3. The Hall–Kier alpha value is -1.82. The van der Waals surface area contributed by atoms with Gasteiger partial charge in [-0.2, -0.15) is 13.2 Å². The fourth-order valence-electron chi connectivity index (χ4n) is 2.26. The van der Waals surface area contributed by atoms with Crippen LogP contribution < -0.4 is 10.6 Å². The van der Waals surface area contributed by atoms with Crippen LogP contribution in [0.1, 0.15) is 16.7 Å². The quantitative estimate of drug-likeness (QED) is 0.355. The minimum Gasteiger partial charge on any atom is -0.352 e. The summed E-state index contributed by atoms with van der Waals surface area (Å²) in [6.07, 6.45) is -3.20. The molecule has 154 valence electrons. The molecule has 0 amide bonds. The third kappa shape index (κ3) is 7.30. The Morgan fingerprint density at radius 2 is 1.36 bits per heavy atom. The first-order valence-corrected chi connectivity index (χ1v) is 9.88. The lowest BCUT2D eigenvalue weighted by Crippen LogP contribution is -2.36. The molecule has 0 aliphatic rings. The van der Waals surface area contributed by atoms with Gasteiger partial charge in [-0.1, -0.05) is 24.3 Å². The SMILES string of the molecule is CN=C(NCc1ccc(C(F)(F)F)cc1)NCc1ccc(S(C)(=O)=O)cc1.I. The summed E-state index contributed by atoms with van der Waals surface area (Å²) in [6.45, 7) is 0.724. The van der Waals surface area contributed by atoms with Gasteiger partial charge in [0.05, 0.1) is 10.5 Å². The Morgan fingerprint density at radius 1 is 0.929 bits per heavy atom. The molecule has 2 rings (SSSR count). The van der Waals surface area contributed by atoms with Crippen molar-refractivity contribution in [1.29, 1.82) is 0 Å². The molecule has 0 heterocycles. The van der Waals surface area contributed by atoms with E-state index in [-0.39, 0.29) is 28.9 Å². The van der Waals surface area contributed by atoms with Gasteiger partial charge < -0.3 is 10.6 Å². The van der Waals surface area contributed by atoms with E-state index in [1.807, 2.05) is 0 Å². The second kappa shape index (κ2) is 10.1. The molecule has 10 heteroatoms. The fraction of sp³-hybridized carbons (Fsp3) is 0.278. The molecule has 5 nitrogen and oxygen atoms in total. The van der Waals surface area contributed by atoms with Crippen LogP contribution in [0.5, 0.6) is 0 Å². The second-order valence-corrected chi connectivity index (χ2v) is 7.91. The minimum atomic E-state index is -4.35. The largest absolute Gasteiger partial charge is 0.416 e. The smallest absolute Gasteiger partial charge is 0.352 e. The summed E-state index contributed by atoms with van der Waals surface area (Å²) in [7, 11) is -1.66. The van der Waals surface area contributed by atoms with Crippen LogP contribution >= 0.6 is 24.0 Å². The van der Waals surface area contributed by atoms with Crippen LogP contribution in [0.15, 0.2) is 58.4 Å². The van der Waals surface area contributed by atoms with Gasteiger partial charge in [0.2, 0.25) is 0 Å². The second-order valence-electron chi connectivity index (χ2n) is 5.89. The summed E-state index contributed by atoms with van der Waals surface area (Å²) in [5.74, 6) is 0.474. The van der Waals surface area contributed by atoms with Crippen molar-refractivity contribution in [2.45, 2.75) is 24.2 Å². The highest BCUT2D eigenvalue weighted by molar-refractivity contribution is 14.0. The highest BCUT2D eigenvalue weighted by Crippen LogP contribution is 2.29. The van der Waals surface area contributed by atoms with Crippen molar-refractivity contribution >= 4 is 39.8 Å². The number of nitrogens with zero attached hydrogens (tertiary/aromatic N) is 1. The van der Waals surface area contributed by atoms with E-state index in [1.165, 1.54) is 24.3 Å². The Morgan fingerprint density at radius 3 is 1.71 bits per heavy atom. The van der Waals surface area contributed by atoms with E-state index in [9.17, 15) is 21.6 Å². The number of rotatable bonds is 5. The van der Waals surface area contributed by atoms with Gasteiger partial charge in [-0.25, -0.2) is 8.42 Å². The van der Waals surface area contributed by atoms with E-state index in [0.717, 1.165) is 24.0 Å². The molecule has 0 bridgehead atoms. The zero-order valence-electron chi connectivity index (χ0n) is 15.2. The Bertz CT molecular complexity index is 897. The van der Waals surface area contributed by atoms with Gasteiger partial charge in [0.15, 0.2) is 15.8 Å². The first kappa shape index (κ1) is 24.2. The van der Waals surface area contributed by atoms with Crippen LogP contribution in [0.25, 0.3) is 0 Å². The number of aliphatic imine (C=N–C) groups is 1. The average molecular weight is 527 g/mol. The number of guanidine groups is 1. The van der Waals surface area contributed by atoms with E-state index >= 15 is 0 Å². The standard InChI is InChI=1S/C18H20F3N3O2S.HI/c1-22-17(23-11-13-3-7-15(8-4-13)18(19,20)21)24-12-14-5-9-16(10-6-14)27(2,25)26;/h3-10H,11-12H2,1-2H3,(H2,22,23,24);1H. The van der Waals surface area contributed by atoms with Crippen molar-refractivity contribution in [2.75, 3.05) is 13.3 Å². The highest BCUT2D eigenvalue weighted by atomic mass is 127. The number of benzene rings is 2. The molecule has 2 aromatic rings. The van der Waals surface area contributed by atoms with Gasteiger partial charge >= 0.3 is 6.18 Å². The zero-order valence-corrected chi connectivity index (χ0v) is 18.4. The predicted molar refractivity (Wildman–Crippen MR) is 113 cm³/mol. The molecule has 0 atom stereocenters. The van der Waals surface area contributed by atoms with Crippen molar-refractivity contribution in [3.05, 3.63) is 65.2 Å². The molecule has 0 saturated carbocycles. The van der Waals surface area contributed by atoms with E-state index < -0.39 is 21.6 Å². The van der Waals surface area contributed by atoms with Crippen LogP contribution in [0.4, 0.5) is 13.2 Å². The molecule has 0 spiro atoms. The lowest BCUT2D eigenvalue weighted by atomic mass is 10.1. The van der Waals surface area contributed by atoms with Crippen LogP contribution in [-0.4, -0.2) is 27.7 Å². The molecule has 0 radical (unpaired) electrons. The lowest BCUT2D eigenvalue weighted by Gasteiger charge is -2.13. The van der Waals surface area contributed by atoms with E-state index in [4.69, 9.17) is 0 Å². The summed E-state index contributed by atoms with van der Waals surface area (Å²) >= 11 is 0. The molecule has 0 aliphatic heterocycles. The molecule has 0 aromatic heterocycles. The lowest BCUT2D eigenvalue weighted by molar-refractivity contribution is -0.137. The molecule has 2 aromatic carbocycles. The van der Waals surface area contributed by atoms with Crippen molar-refractivity contribution in [2.24, 2.45) is 4.99 Å². The fourth-order valence-corrected chi connectivity index (χ4v) is 2.89.